The number of unbranched alkanes of at least 4 members (excludes halogenated alkanes) is 3. The molecule has 0 aliphatic rings. The molecule has 0 fully saturated rings. The van der Waals surface area contributed by atoms with Crippen LogP contribution in [0.15, 0.2) is 6.07 Å². The Morgan fingerprint density at radius 2 is 1.74 bits per heavy atom. The van der Waals surface area contributed by atoms with Gasteiger partial charge in [-0.15, -0.1) is 11.3 Å². The van der Waals surface area contributed by atoms with Gasteiger partial charge in [0.25, 0.3) is 0 Å². The van der Waals surface area contributed by atoms with Crippen molar-refractivity contribution in [2.45, 2.75) is 39.0 Å². The fourth-order valence-corrected chi connectivity index (χ4v) is 5.82. The van der Waals surface area contributed by atoms with Crippen LogP contribution in [0.3, 0.4) is 0 Å². The van der Waals surface area contributed by atoms with E-state index in [1.165, 1.54) is 13.3 Å². The molecule has 0 saturated heterocycles. The molecule has 2 N–H and O–H groups in total. The van der Waals surface area contributed by atoms with Gasteiger partial charge in [0.05, 0.1) is 9.24 Å². The average Bonchev–Trinajstić information content (AvgIpc) is 2.67. The lowest BCUT2D eigenvalue weighted by atomic mass is 10.1. The third-order valence-corrected chi connectivity index (χ3v) is 8.21. The smallest absolute Gasteiger partial charge is 0.236 e. The Morgan fingerprint density at radius 1 is 1.11 bits per heavy atom. The highest BCUT2D eigenvalue weighted by atomic mass is 32.1. The molecule has 0 aromatic carbocycles. The monoisotopic (exact) mass is 324 g/mol. The second-order valence-corrected chi connectivity index (χ2v) is 11.1. The normalized spacial score (nSPS) is 17.9. The maximum atomic E-state index is 11.9. The Balaban J connectivity index is 2.98. The first kappa shape index (κ1) is 17.1. The predicted molar refractivity (Wildman–Crippen MR) is 82.9 cm³/mol. The predicted octanol–water partition coefficient (Wildman–Crippen LogP) is 2.92. The molecule has 0 spiro atoms. The van der Waals surface area contributed by atoms with Gasteiger partial charge in [0.1, 0.15) is 0 Å². The van der Waals surface area contributed by atoms with Crippen molar-refractivity contribution in [3.63, 3.8) is 0 Å². The molecule has 1 aromatic rings. The molecular weight excluding hydrogens is 302 g/mol. The first-order valence-corrected chi connectivity index (χ1v) is 11.4. The third-order valence-electron chi connectivity index (χ3n) is 2.86. The molecule has 0 aliphatic heterocycles. The molecule has 1 aromatic heterocycles. The van der Waals surface area contributed by atoms with Gasteiger partial charge in [0.2, 0.25) is 14.7 Å². The Morgan fingerprint density at radius 3 is 2.21 bits per heavy atom. The van der Waals surface area contributed by atoms with E-state index in [1.807, 2.05) is 0 Å². The summed E-state index contributed by atoms with van der Waals surface area (Å²) in [6, 6.07) is 1.64. The number of thiophene rings is 1. The van der Waals surface area contributed by atoms with Gasteiger partial charge in [-0.2, -0.15) is 0 Å². The van der Waals surface area contributed by atoms with Gasteiger partial charge >= 0.3 is 0 Å². The van der Waals surface area contributed by atoms with E-state index in [9.17, 15) is 18.9 Å². The van der Waals surface area contributed by atoms with E-state index >= 15 is 0 Å². The first-order chi connectivity index (χ1) is 8.66. The number of hydrogen-bond donors (Lipinski definition) is 2. The van der Waals surface area contributed by atoms with Crippen molar-refractivity contribution in [2.24, 2.45) is 0 Å². The zero-order valence-electron chi connectivity index (χ0n) is 11.6. The summed E-state index contributed by atoms with van der Waals surface area (Å²) in [6.45, 7) is 4.68. The van der Waals surface area contributed by atoms with Gasteiger partial charge in [-0.25, -0.2) is 0 Å². The standard InChI is InChI=1S/C12H22O4P2S/c1-4-5-6-7-8-10-9-11(17(2,13)14)19-12(10)18(3,15)16/h9H,4-8H2,1-3H3,(H,13,14)(H,15,16). The molecule has 2 atom stereocenters. The summed E-state index contributed by atoms with van der Waals surface area (Å²) in [5.41, 5.74) is 0.764. The average molecular weight is 324 g/mol. The van der Waals surface area contributed by atoms with Crippen molar-refractivity contribution in [2.75, 3.05) is 13.3 Å². The Kier molecular flexibility index (Phi) is 6.03. The zero-order chi connectivity index (χ0) is 14.7. The van der Waals surface area contributed by atoms with Crippen LogP contribution in [0.1, 0.15) is 38.2 Å². The van der Waals surface area contributed by atoms with Crippen LogP contribution < -0.4 is 9.24 Å². The minimum atomic E-state index is -3.37. The van der Waals surface area contributed by atoms with Gasteiger partial charge in [0, 0.05) is 13.3 Å². The lowest BCUT2D eigenvalue weighted by molar-refractivity contribution is 0.495. The van der Waals surface area contributed by atoms with E-state index in [0.717, 1.165) is 42.6 Å². The molecule has 0 saturated carbocycles. The fraction of sp³-hybridized carbons (Fsp3) is 0.667. The van der Waals surface area contributed by atoms with Crippen molar-refractivity contribution in [3.05, 3.63) is 11.6 Å². The van der Waals surface area contributed by atoms with Gasteiger partial charge < -0.3 is 9.79 Å². The summed E-state index contributed by atoms with van der Waals surface area (Å²) < 4.78 is 24.2. The Hall–Kier alpha value is 0.0800. The molecule has 1 rings (SSSR count). The minimum Gasteiger partial charge on any atom is -0.341 e. The second-order valence-electron chi connectivity index (χ2n) is 4.98. The number of aryl methyl sites for hydroxylation is 1. The lowest BCUT2D eigenvalue weighted by Gasteiger charge is -2.06. The van der Waals surface area contributed by atoms with Crippen LogP contribution in [0.5, 0.6) is 0 Å². The molecule has 19 heavy (non-hydrogen) atoms. The van der Waals surface area contributed by atoms with Crippen molar-refractivity contribution >= 4 is 35.3 Å². The van der Waals surface area contributed by atoms with E-state index in [0.29, 0.717) is 15.7 Å². The van der Waals surface area contributed by atoms with Crippen LogP contribution in [0.2, 0.25) is 0 Å². The molecule has 110 valence electrons. The molecular formula is C12H22O4P2S. The lowest BCUT2D eigenvalue weighted by Crippen LogP contribution is -2.04. The topological polar surface area (TPSA) is 74.6 Å². The van der Waals surface area contributed by atoms with Crippen LogP contribution in [0.4, 0.5) is 0 Å². The SMILES string of the molecule is CCCCCCc1cc(P(C)(=O)O)sc1P(C)(=O)O. The molecule has 0 bridgehead atoms. The van der Waals surface area contributed by atoms with Crippen LogP contribution in [-0.2, 0) is 15.6 Å². The summed E-state index contributed by atoms with van der Waals surface area (Å²) in [4.78, 5) is 19.3. The molecule has 0 radical (unpaired) electrons. The third kappa shape index (κ3) is 5.17. The first-order valence-electron chi connectivity index (χ1n) is 6.40. The van der Waals surface area contributed by atoms with Gasteiger partial charge in [-0.3, -0.25) is 9.13 Å². The molecule has 0 aliphatic carbocycles. The maximum absolute atomic E-state index is 11.9. The fourth-order valence-electron chi connectivity index (χ4n) is 1.88. The summed E-state index contributed by atoms with van der Waals surface area (Å²) >= 11 is 1.01. The Labute approximate surface area is 118 Å². The van der Waals surface area contributed by atoms with E-state index in [4.69, 9.17) is 0 Å². The van der Waals surface area contributed by atoms with Crippen LogP contribution >= 0.6 is 26.1 Å². The minimum absolute atomic E-state index is 0.323. The Bertz CT molecular complexity index is 512. The highest BCUT2D eigenvalue weighted by molar-refractivity contribution is 7.77. The van der Waals surface area contributed by atoms with E-state index in [2.05, 4.69) is 6.92 Å². The summed E-state index contributed by atoms with van der Waals surface area (Å²) in [5, 5.41) is 0. The van der Waals surface area contributed by atoms with E-state index in [1.54, 1.807) is 6.07 Å². The highest BCUT2D eigenvalue weighted by Crippen LogP contribution is 2.43. The van der Waals surface area contributed by atoms with Crippen molar-refractivity contribution < 1.29 is 18.9 Å². The quantitative estimate of drug-likeness (QED) is 0.597. The van der Waals surface area contributed by atoms with Crippen molar-refractivity contribution in [1.29, 1.82) is 0 Å². The van der Waals surface area contributed by atoms with Gasteiger partial charge in [0.15, 0.2) is 0 Å². The van der Waals surface area contributed by atoms with Crippen LogP contribution in [0, 0.1) is 0 Å². The summed E-state index contributed by atoms with van der Waals surface area (Å²) in [7, 11) is -6.73. The number of rotatable bonds is 7. The number of hydrogen-bond acceptors (Lipinski definition) is 3. The van der Waals surface area contributed by atoms with Gasteiger partial charge in [-0.1, -0.05) is 26.2 Å². The summed E-state index contributed by atoms with van der Waals surface area (Å²) in [5.74, 6) is 0. The van der Waals surface area contributed by atoms with Crippen LogP contribution in [0.25, 0.3) is 0 Å². The van der Waals surface area contributed by atoms with Crippen molar-refractivity contribution in [3.8, 4) is 0 Å². The molecule has 4 nitrogen and oxygen atoms in total. The molecule has 7 heteroatoms. The molecule has 1 heterocycles. The van der Waals surface area contributed by atoms with E-state index < -0.39 is 14.7 Å². The van der Waals surface area contributed by atoms with Gasteiger partial charge in [-0.05, 0) is 24.5 Å². The maximum Gasteiger partial charge on any atom is 0.236 e. The zero-order valence-corrected chi connectivity index (χ0v) is 14.2. The van der Waals surface area contributed by atoms with Crippen molar-refractivity contribution in [1.82, 2.24) is 0 Å². The van der Waals surface area contributed by atoms with E-state index in [-0.39, 0.29) is 0 Å². The second kappa shape index (κ2) is 6.69. The van der Waals surface area contributed by atoms with Crippen LogP contribution in [-0.4, -0.2) is 23.1 Å². The largest absolute Gasteiger partial charge is 0.341 e. The summed E-state index contributed by atoms with van der Waals surface area (Å²) in [6.07, 6.45) is 4.99. The molecule has 2 unspecified atom stereocenters. The highest BCUT2D eigenvalue weighted by Gasteiger charge is 2.26. The molecule has 0 amide bonds.